The normalized spacial score (nSPS) is 18.7. The summed E-state index contributed by atoms with van der Waals surface area (Å²) in [7, 11) is 0. The zero-order valence-corrected chi connectivity index (χ0v) is 14.5. The quantitative estimate of drug-likeness (QED) is 0.864. The second-order valence-electron chi connectivity index (χ2n) is 6.21. The molecule has 1 fully saturated rings. The minimum absolute atomic E-state index is 0.484. The Morgan fingerprint density at radius 3 is 2.30 bits per heavy atom. The molecule has 0 radical (unpaired) electrons. The van der Waals surface area contributed by atoms with Gasteiger partial charge in [0, 0.05) is 23.1 Å². The number of hydrogen-bond acceptors (Lipinski definition) is 2. The van der Waals surface area contributed by atoms with Gasteiger partial charge in [0.25, 0.3) is 0 Å². The van der Waals surface area contributed by atoms with Crippen molar-refractivity contribution in [1.82, 2.24) is 10.2 Å². The molecule has 1 aromatic rings. The van der Waals surface area contributed by atoms with Crippen molar-refractivity contribution in [3.8, 4) is 0 Å². The monoisotopic (exact) mass is 338 g/mol. The molecule has 0 aliphatic carbocycles. The highest BCUT2D eigenvalue weighted by molar-refractivity contribution is 9.10. The lowest BCUT2D eigenvalue weighted by Gasteiger charge is -2.37. The molecule has 0 amide bonds. The average molecular weight is 339 g/mol. The maximum absolute atomic E-state index is 3.52. The second kappa shape index (κ2) is 7.58. The van der Waals surface area contributed by atoms with E-state index >= 15 is 0 Å². The predicted molar refractivity (Wildman–Crippen MR) is 90.0 cm³/mol. The van der Waals surface area contributed by atoms with Crippen molar-refractivity contribution < 1.29 is 0 Å². The predicted octanol–water partition coefficient (Wildman–Crippen LogP) is 4.22. The third-order valence-corrected chi connectivity index (χ3v) is 4.97. The first-order chi connectivity index (χ1) is 9.58. The van der Waals surface area contributed by atoms with Crippen molar-refractivity contribution in [2.45, 2.75) is 45.7 Å². The van der Waals surface area contributed by atoms with Gasteiger partial charge in [0.1, 0.15) is 0 Å². The van der Waals surface area contributed by atoms with Crippen LogP contribution in [0.25, 0.3) is 0 Å². The van der Waals surface area contributed by atoms with Gasteiger partial charge in [-0.05, 0) is 70.3 Å². The topological polar surface area (TPSA) is 15.3 Å². The summed E-state index contributed by atoms with van der Waals surface area (Å²) in [5.74, 6) is 0.844. The lowest BCUT2D eigenvalue weighted by Crippen LogP contribution is -2.40. The zero-order chi connectivity index (χ0) is 14.5. The SMILES string of the molecule is CC(C)N(CC1CCNCC1)C(C)c1ccc(Br)cc1. The van der Waals surface area contributed by atoms with Gasteiger partial charge in [-0.15, -0.1) is 0 Å². The molecule has 1 unspecified atom stereocenters. The number of nitrogens with zero attached hydrogens (tertiary/aromatic N) is 1. The standard InChI is InChI=1S/C17H27BrN2/c1-13(2)20(12-15-8-10-19-11-9-15)14(3)16-4-6-17(18)7-5-16/h4-7,13-15,19H,8-12H2,1-3H3. The van der Waals surface area contributed by atoms with Crippen LogP contribution in [0.4, 0.5) is 0 Å². The molecule has 2 rings (SSSR count). The number of benzene rings is 1. The molecule has 2 nitrogen and oxygen atoms in total. The summed E-state index contributed by atoms with van der Waals surface area (Å²) >= 11 is 3.52. The first-order valence-electron chi connectivity index (χ1n) is 7.80. The van der Waals surface area contributed by atoms with Gasteiger partial charge in [0.2, 0.25) is 0 Å². The summed E-state index contributed by atoms with van der Waals surface area (Å²) < 4.78 is 1.16. The molecule has 1 aromatic carbocycles. The van der Waals surface area contributed by atoms with Gasteiger partial charge in [0.05, 0.1) is 0 Å². The van der Waals surface area contributed by atoms with Gasteiger partial charge in [-0.25, -0.2) is 0 Å². The molecule has 0 aromatic heterocycles. The van der Waals surface area contributed by atoms with Crippen LogP contribution < -0.4 is 5.32 Å². The van der Waals surface area contributed by atoms with Gasteiger partial charge < -0.3 is 5.32 Å². The van der Waals surface area contributed by atoms with E-state index in [4.69, 9.17) is 0 Å². The van der Waals surface area contributed by atoms with Crippen LogP contribution in [-0.2, 0) is 0 Å². The fraction of sp³-hybridized carbons (Fsp3) is 0.647. The molecule has 1 N–H and O–H groups in total. The minimum atomic E-state index is 0.484. The summed E-state index contributed by atoms with van der Waals surface area (Å²) in [6.07, 6.45) is 2.63. The van der Waals surface area contributed by atoms with Crippen molar-refractivity contribution >= 4 is 15.9 Å². The molecule has 20 heavy (non-hydrogen) atoms. The van der Waals surface area contributed by atoms with Crippen molar-refractivity contribution in [3.05, 3.63) is 34.3 Å². The highest BCUT2D eigenvalue weighted by Gasteiger charge is 2.23. The molecule has 0 spiro atoms. The van der Waals surface area contributed by atoms with Crippen molar-refractivity contribution in [2.75, 3.05) is 19.6 Å². The average Bonchev–Trinajstić information content (AvgIpc) is 2.45. The summed E-state index contributed by atoms with van der Waals surface area (Å²) in [5.41, 5.74) is 1.41. The fourth-order valence-electron chi connectivity index (χ4n) is 3.11. The maximum Gasteiger partial charge on any atom is 0.0322 e. The Labute approximate surface area is 132 Å². The number of halogens is 1. The van der Waals surface area contributed by atoms with E-state index in [1.54, 1.807) is 0 Å². The van der Waals surface area contributed by atoms with E-state index in [0.29, 0.717) is 12.1 Å². The number of hydrogen-bond donors (Lipinski definition) is 1. The molecule has 1 saturated heterocycles. The third kappa shape index (κ3) is 4.31. The molecular weight excluding hydrogens is 312 g/mol. The largest absolute Gasteiger partial charge is 0.317 e. The van der Waals surface area contributed by atoms with E-state index in [1.807, 2.05) is 0 Å². The summed E-state index contributed by atoms with van der Waals surface area (Å²) in [5, 5.41) is 3.46. The van der Waals surface area contributed by atoms with Crippen LogP contribution in [0.1, 0.15) is 45.2 Å². The van der Waals surface area contributed by atoms with Crippen molar-refractivity contribution in [3.63, 3.8) is 0 Å². The highest BCUT2D eigenvalue weighted by atomic mass is 79.9. The molecule has 1 aliphatic heterocycles. The molecule has 1 atom stereocenters. The highest BCUT2D eigenvalue weighted by Crippen LogP contribution is 2.26. The summed E-state index contributed by atoms with van der Waals surface area (Å²) in [6, 6.07) is 9.85. The Hall–Kier alpha value is -0.380. The fourth-order valence-corrected chi connectivity index (χ4v) is 3.38. The molecule has 112 valence electrons. The number of piperidine rings is 1. The van der Waals surface area contributed by atoms with E-state index in [1.165, 1.54) is 38.0 Å². The third-order valence-electron chi connectivity index (χ3n) is 4.44. The molecular formula is C17H27BrN2. The molecule has 0 bridgehead atoms. The summed E-state index contributed by atoms with van der Waals surface area (Å²) in [4.78, 5) is 2.65. The van der Waals surface area contributed by atoms with Crippen LogP contribution in [0, 0.1) is 5.92 Å². The lowest BCUT2D eigenvalue weighted by atomic mass is 9.95. The summed E-state index contributed by atoms with van der Waals surface area (Å²) in [6.45, 7) is 10.6. The van der Waals surface area contributed by atoms with E-state index in [0.717, 1.165) is 10.4 Å². The Bertz CT molecular complexity index is 396. The maximum atomic E-state index is 3.52. The Kier molecular flexibility index (Phi) is 6.06. The van der Waals surface area contributed by atoms with E-state index in [9.17, 15) is 0 Å². The van der Waals surface area contributed by atoms with Crippen molar-refractivity contribution in [2.24, 2.45) is 5.92 Å². The van der Waals surface area contributed by atoms with Gasteiger partial charge >= 0.3 is 0 Å². The Morgan fingerprint density at radius 2 is 1.75 bits per heavy atom. The lowest BCUT2D eigenvalue weighted by molar-refractivity contribution is 0.125. The molecule has 1 heterocycles. The Balaban J connectivity index is 2.04. The van der Waals surface area contributed by atoms with Gasteiger partial charge in [-0.3, -0.25) is 4.90 Å². The smallest absolute Gasteiger partial charge is 0.0322 e. The van der Waals surface area contributed by atoms with Gasteiger partial charge in [-0.1, -0.05) is 28.1 Å². The van der Waals surface area contributed by atoms with Gasteiger partial charge in [0.15, 0.2) is 0 Å². The van der Waals surface area contributed by atoms with E-state index in [-0.39, 0.29) is 0 Å². The second-order valence-corrected chi connectivity index (χ2v) is 7.13. The van der Waals surface area contributed by atoms with Crippen LogP contribution >= 0.6 is 15.9 Å². The van der Waals surface area contributed by atoms with Crippen LogP contribution in [0.15, 0.2) is 28.7 Å². The molecule has 3 heteroatoms. The Morgan fingerprint density at radius 1 is 1.15 bits per heavy atom. The molecule has 1 aliphatic rings. The van der Waals surface area contributed by atoms with E-state index in [2.05, 4.69) is 71.2 Å². The first kappa shape index (κ1) is 16.0. The zero-order valence-electron chi connectivity index (χ0n) is 12.9. The van der Waals surface area contributed by atoms with Gasteiger partial charge in [-0.2, -0.15) is 0 Å². The minimum Gasteiger partial charge on any atom is -0.317 e. The van der Waals surface area contributed by atoms with Crippen LogP contribution in [0.2, 0.25) is 0 Å². The number of nitrogens with one attached hydrogen (secondary N) is 1. The van der Waals surface area contributed by atoms with Crippen LogP contribution in [-0.4, -0.2) is 30.6 Å². The van der Waals surface area contributed by atoms with Crippen LogP contribution in [0.5, 0.6) is 0 Å². The first-order valence-corrected chi connectivity index (χ1v) is 8.59. The number of rotatable bonds is 5. The molecule has 0 saturated carbocycles. The van der Waals surface area contributed by atoms with Crippen molar-refractivity contribution in [1.29, 1.82) is 0 Å². The van der Waals surface area contributed by atoms with E-state index < -0.39 is 0 Å². The van der Waals surface area contributed by atoms with Crippen LogP contribution in [0.3, 0.4) is 0 Å².